The first kappa shape index (κ1) is 9.35. The Bertz CT molecular complexity index is 515. The second kappa shape index (κ2) is 3.89. The maximum atomic E-state index is 13.7. The molecule has 2 aromatic rings. The Morgan fingerprint density at radius 2 is 1.87 bits per heavy atom. The van der Waals surface area contributed by atoms with E-state index in [9.17, 15) is 4.39 Å². The van der Waals surface area contributed by atoms with Gasteiger partial charge in [0, 0.05) is 18.0 Å². The number of rotatable bonds is 1. The topological polar surface area (TPSA) is 36.7 Å². The lowest BCUT2D eigenvalue weighted by atomic mass is 10.1. The molecule has 0 saturated heterocycles. The van der Waals surface area contributed by atoms with E-state index in [0.717, 1.165) is 5.56 Å². The molecule has 1 aromatic heterocycles. The molecule has 3 heteroatoms. The second-order valence-corrected chi connectivity index (χ2v) is 3.03. The van der Waals surface area contributed by atoms with E-state index in [1.807, 2.05) is 18.2 Å². The highest BCUT2D eigenvalue weighted by molar-refractivity contribution is 5.64. The summed E-state index contributed by atoms with van der Waals surface area (Å²) in [4.78, 5) is 3.83. The second-order valence-electron chi connectivity index (χ2n) is 3.03. The number of halogens is 1. The van der Waals surface area contributed by atoms with E-state index in [4.69, 9.17) is 5.26 Å². The molecular weight excluding hydrogens is 191 g/mol. The number of benzene rings is 1. The van der Waals surface area contributed by atoms with E-state index < -0.39 is 5.82 Å². The third-order valence-electron chi connectivity index (χ3n) is 2.09. The van der Waals surface area contributed by atoms with Crippen LogP contribution in [-0.4, -0.2) is 4.98 Å². The third-order valence-corrected chi connectivity index (χ3v) is 2.09. The number of nitriles is 1. The summed E-state index contributed by atoms with van der Waals surface area (Å²) >= 11 is 0. The molecule has 0 aliphatic rings. The van der Waals surface area contributed by atoms with Crippen LogP contribution in [0.5, 0.6) is 0 Å². The summed E-state index contributed by atoms with van der Waals surface area (Å²) < 4.78 is 13.7. The van der Waals surface area contributed by atoms with Crippen LogP contribution in [0.1, 0.15) is 5.56 Å². The summed E-state index contributed by atoms with van der Waals surface area (Å²) in [7, 11) is 0. The molecule has 72 valence electrons. The van der Waals surface area contributed by atoms with Crippen molar-refractivity contribution in [2.24, 2.45) is 0 Å². The zero-order valence-electron chi connectivity index (χ0n) is 7.81. The molecule has 0 saturated carbocycles. The number of hydrogen-bond donors (Lipinski definition) is 0. The van der Waals surface area contributed by atoms with Crippen molar-refractivity contribution in [3.8, 4) is 17.2 Å². The molecule has 0 unspecified atom stereocenters. The molecule has 15 heavy (non-hydrogen) atoms. The molecule has 1 aromatic carbocycles. The lowest BCUT2D eigenvalue weighted by molar-refractivity contribution is 0.625. The van der Waals surface area contributed by atoms with E-state index in [2.05, 4.69) is 4.98 Å². The van der Waals surface area contributed by atoms with Crippen molar-refractivity contribution in [3.63, 3.8) is 0 Å². The third kappa shape index (κ3) is 1.70. The molecule has 0 aliphatic carbocycles. The van der Waals surface area contributed by atoms with Crippen LogP contribution in [0, 0.1) is 17.1 Å². The summed E-state index contributed by atoms with van der Waals surface area (Å²) in [5.41, 5.74) is 1.05. The van der Waals surface area contributed by atoms with Crippen LogP contribution in [0.15, 0.2) is 42.7 Å². The predicted octanol–water partition coefficient (Wildman–Crippen LogP) is 2.76. The number of nitrogens with zero attached hydrogens (tertiary/aromatic N) is 2. The Balaban J connectivity index is 2.61. The van der Waals surface area contributed by atoms with Gasteiger partial charge in [-0.2, -0.15) is 5.26 Å². The van der Waals surface area contributed by atoms with Crippen molar-refractivity contribution in [1.82, 2.24) is 4.98 Å². The van der Waals surface area contributed by atoms with E-state index in [-0.39, 0.29) is 5.56 Å². The summed E-state index contributed by atoms with van der Waals surface area (Å²) in [6, 6.07) is 10.8. The fourth-order valence-electron chi connectivity index (χ4n) is 1.34. The SMILES string of the molecule is N#Cc1cncc(-c2ccccc2)c1F. The van der Waals surface area contributed by atoms with Gasteiger partial charge in [0.05, 0.1) is 0 Å². The van der Waals surface area contributed by atoms with Gasteiger partial charge >= 0.3 is 0 Å². The van der Waals surface area contributed by atoms with Crippen molar-refractivity contribution in [3.05, 3.63) is 54.1 Å². The maximum absolute atomic E-state index is 13.7. The first-order chi connectivity index (χ1) is 7.33. The highest BCUT2D eigenvalue weighted by Crippen LogP contribution is 2.22. The minimum Gasteiger partial charge on any atom is -0.262 e. The van der Waals surface area contributed by atoms with Gasteiger partial charge in [0.1, 0.15) is 11.6 Å². The van der Waals surface area contributed by atoms with Crippen molar-refractivity contribution < 1.29 is 4.39 Å². The average Bonchev–Trinajstić information content (AvgIpc) is 2.30. The van der Waals surface area contributed by atoms with Gasteiger partial charge in [0.2, 0.25) is 0 Å². The Kier molecular flexibility index (Phi) is 2.42. The van der Waals surface area contributed by atoms with Crippen LogP contribution in [0.2, 0.25) is 0 Å². The van der Waals surface area contributed by atoms with Crippen LogP contribution >= 0.6 is 0 Å². The Hall–Kier alpha value is -2.21. The monoisotopic (exact) mass is 198 g/mol. The molecule has 0 bridgehead atoms. The zero-order valence-corrected chi connectivity index (χ0v) is 7.81. The minimum absolute atomic E-state index is 0.0312. The van der Waals surface area contributed by atoms with E-state index >= 15 is 0 Å². The average molecular weight is 198 g/mol. The number of hydrogen-bond acceptors (Lipinski definition) is 2. The van der Waals surface area contributed by atoms with Gasteiger partial charge in [-0.15, -0.1) is 0 Å². The van der Waals surface area contributed by atoms with Crippen molar-refractivity contribution >= 4 is 0 Å². The van der Waals surface area contributed by atoms with Crippen LogP contribution in [0.4, 0.5) is 4.39 Å². The first-order valence-electron chi connectivity index (χ1n) is 4.42. The van der Waals surface area contributed by atoms with Gasteiger partial charge in [-0.1, -0.05) is 30.3 Å². The fourth-order valence-corrected chi connectivity index (χ4v) is 1.34. The quantitative estimate of drug-likeness (QED) is 0.706. The van der Waals surface area contributed by atoms with E-state index in [1.54, 1.807) is 18.2 Å². The highest BCUT2D eigenvalue weighted by Gasteiger charge is 2.09. The molecule has 0 spiro atoms. The molecule has 2 rings (SSSR count). The van der Waals surface area contributed by atoms with Gasteiger partial charge in [-0.05, 0) is 5.56 Å². The molecular formula is C12H7FN2. The molecule has 0 aliphatic heterocycles. The van der Waals surface area contributed by atoms with Gasteiger partial charge in [0.15, 0.2) is 5.82 Å². The van der Waals surface area contributed by atoms with Gasteiger partial charge in [-0.3, -0.25) is 4.98 Å². The zero-order chi connectivity index (χ0) is 10.7. The van der Waals surface area contributed by atoms with Crippen molar-refractivity contribution in [2.45, 2.75) is 0 Å². The lowest BCUT2D eigenvalue weighted by Crippen LogP contribution is -1.90. The summed E-state index contributed by atoms with van der Waals surface area (Å²) in [5, 5.41) is 8.66. The minimum atomic E-state index is -0.515. The molecule has 0 atom stereocenters. The van der Waals surface area contributed by atoms with Gasteiger partial charge in [-0.25, -0.2) is 4.39 Å². The van der Waals surface area contributed by atoms with Gasteiger partial charge in [0.25, 0.3) is 0 Å². The molecule has 0 fully saturated rings. The Morgan fingerprint density at radius 1 is 1.13 bits per heavy atom. The normalized spacial score (nSPS) is 9.60. The number of aromatic nitrogens is 1. The van der Waals surface area contributed by atoms with Crippen LogP contribution in [-0.2, 0) is 0 Å². The summed E-state index contributed by atoms with van der Waals surface area (Å²) in [6.07, 6.45) is 2.65. The molecule has 0 amide bonds. The van der Waals surface area contributed by atoms with E-state index in [0.29, 0.717) is 5.56 Å². The first-order valence-corrected chi connectivity index (χ1v) is 4.42. The molecule has 0 N–H and O–H groups in total. The molecule has 2 nitrogen and oxygen atoms in total. The highest BCUT2D eigenvalue weighted by atomic mass is 19.1. The van der Waals surface area contributed by atoms with Crippen molar-refractivity contribution in [2.75, 3.05) is 0 Å². The van der Waals surface area contributed by atoms with Crippen LogP contribution < -0.4 is 0 Å². The largest absolute Gasteiger partial charge is 0.262 e. The summed E-state index contributed by atoms with van der Waals surface area (Å²) in [6.45, 7) is 0. The Labute approximate surface area is 86.6 Å². The summed E-state index contributed by atoms with van der Waals surface area (Å²) in [5.74, 6) is -0.515. The maximum Gasteiger partial charge on any atom is 0.151 e. The molecule has 0 radical (unpaired) electrons. The fraction of sp³-hybridized carbons (Fsp3) is 0. The standard InChI is InChI=1S/C12H7FN2/c13-12-10(6-14)7-15-8-11(12)9-4-2-1-3-5-9/h1-5,7-8H. The van der Waals surface area contributed by atoms with E-state index in [1.165, 1.54) is 12.4 Å². The smallest absolute Gasteiger partial charge is 0.151 e. The lowest BCUT2D eigenvalue weighted by Gasteiger charge is -2.02. The van der Waals surface area contributed by atoms with Crippen LogP contribution in [0.25, 0.3) is 11.1 Å². The van der Waals surface area contributed by atoms with Crippen LogP contribution in [0.3, 0.4) is 0 Å². The van der Waals surface area contributed by atoms with Crippen molar-refractivity contribution in [1.29, 1.82) is 5.26 Å². The van der Waals surface area contributed by atoms with Gasteiger partial charge < -0.3 is 0 Å². The Morgan fingerprint density at radius 3 is 2.53 bits per heavy atom. The predicted molar refractivity (Wildman–Crippen MR) is 54.3 cm³/mol. The number of pyridine rings is 1. The molecule has 1 heterocycles.